The van der Waals surface area contributed by atoms with Crippen LogP contribution in [0.3, 0.4) is 0 Å². The third-order valence-electron chi connectivity index (χ3n) is 2.48. The number of carbonyl (C=O) groups is 1. The lowest BCUT2D eigenvalue weighted by molar-refractivity contribution is 0.194. The van der Waals surface area contributed by atoms with Crippen LogP contribution in [0.5, 0.6) is 0 Å². The number of fused-ring (bicyclic) bond motifs is 1. The summed E-state index contributed by atoms with van der Waals surface area (Å²) >= 11 is 3.33. The number of nitrogens with zero attached hydrogens (tertiary/aromatic N) is 2. The summed E-state index contributed by atoms with van der Waals surface area (Å²) < 4.78 is 2.88. The molecule has 1 amide bonds. The molecule has 2 N–H and O–H groups in total. The first kappa shape index (κ1) is 11.9. The molecule has 2 rings (SSSR count). The van der Waals surface area contributed by atoms with Crippen LogP contribution in [0.25, 0.3) is 10.9 Å². The minimum Gasteiger partial charge on any atom is -0.465 e. The SMILES string of the molecule is O=C(O)NCCCn1ccc2cc(Br)ncc21. The second-order valence-corrected chi connectivity index (χ2v) is 4.47. The lowest BCUT2D eigenvalue weighted by atomic mass is 10.3. The number of hydrogen-bond donors (Lipinski definition) is 2. The molecule has 2 aromatic heterocycles. The quantitative estimate of drug-likeness (QED) is 0.673. The number of halogens is 1. The second-order valence-electron chi connectivity index (χ2n) is 3.66. The minimum atomic E-state index is -0.979. The molecule has 0 bridgehead atoms. The Labute approximate surface area is 107 Å². The zero-order valence-electron chi connectivity index (χ0n) is 9.06. The van der Waals surface area contributed by atoms with Gasteiger partial charge >= 0.3 is 6.09 Å². The molecule has 17 heavy (non-hydrogen) atoms. The highest BCUT2D eigenvalue weighted by Crippen LogP contribution is 2.18. The molecule has 0 spiro atoms. The predicted molar refractivity (Wildman–Crippen MR) is 68.1 cm³/mol. The van der Waals surface area contributed by atoms with Gasteiger partial charge in [-0.1, -0.05) is 0 Å². The van der Waals surface area contributed by atoms with Crippen LogP contribution in [0.15, 0.2) is 29.1 Å². The number of aromatic nitrogens is 2. The average Bonchev–Trinajstić information content (AvgIpc) is 2.66. The van der Waals surface area contributed by atoms with Crippen molar-refractivity contribution in [2.24, 2.45) is 0 Å². The maximum Gasteiger partial charge on any atom is 0.404 e. The van der Waals surface area contributed by atoms with Gasteiger partial charge in [-0.3, -0.25) is 0 Å². The molecule has 0 saturated heterocycles. The monoisotopic (exact) mass is 297 g/mol. The van der Waals surface area contributed by atoms with Gasteiger partial charge in [0, 0.05) is 24.7 Å². The van der Waals surface area contributed by atoms with Crippen LogP contribution in [0.2, 0.25) is 0 Å². The fourth-order valence-corrected chi connectivity index (χ4v) is 2.05. The lowest BCUT2D eigenvalue weighted by Crippen LogP contribution is -2.22. The van der Waals surface area contributed by atoms with Crippen molar-refractivity contribution >= 4 is 32.9 Å². The standard InChI is InChI=1S/C11H12BrN3O2/c12-10-6-8-2-5-15(9(8)7-14-10)4-1-3-13-11(16)17/h2,5-7,13H,1,3-4H2,(H,16,17). The molecular formula is C11H12BrN3O2. The Morgan fingerprint density at radius 1 is 1.59 bits per heavy atom. The molecule has 0 aliphatic rings. The van der Waals surface area contributed by atoms with Crippen LogP contribution < -0.4 is 5.32 Å². The summed E-state index contributed by atoms with van der Waals surface area (Å²) in [4.78, 5) is 14.5. The number of hydrogen-bond acceptors (Lipinski definition) is 2. The number of nitrogens with one attached hydrogen (secondary N) is 1. The van der Waals surface area contributed by atoms with E-state index in [0.717, 1.165) is 28.5 Å². The van der Waals surface area contributed by atoms with E-state index < -0.39 is 6.09 Å². The van der Waals surface area contributed by atoms with Crippen LogP contribution >= 0.6 is 15.9 Å². The normalized spacial score (nSPS) is 10.6. The highest BCUT2D eigenvalue weighted by atomic mass is 79.9. The third-order valence-corrected chi connectivity index (χ3v) is 2.91. The number of amides is 1. The highest BCUT2D eigenvalue weighted by Gasteiger charge is 2.02. The largest absolute Gasteiger partial charge is 0.465 e. The molecule has 0 fully saturated rings. The zero-order valence-corrected chi connectivity index (χ0v) is 10.6. The van der Waals surface area contributed by atoms with Gasteiger partial charge in [-0.25, -0.2) is 9.78 Å². The van der Waals surface area contributed by atoms with E-state index >= 15 is 0 Å². The molecule has 2 aromatic rings. The van der Waals surface area contributed by atoms with Crippen LogP contribution in [0, 0.1) is 0 Å². The van der Waals surface area contributed by atoms with Crippen molar-refractivity contribution in [3.8, 4) is 0 Å². The van der Waals surface area contributed by atoms with E-state index in [2.05, 4.69) is 30.8 Å². The van der Waals surface area contributed by atoms with Crippen molar-refractivity contribution in [3.63, 3.8) is 0 Å². The smallest absolute Gasteiger partial charge is 0.404 e. The first-order valence-corrected chi connectivity index (χ1v) is 6.03. The van der Waals surface area contributed by atoms with E-state index in [1.54, 1.807) is 0 Å². The Bertz CT molecular complexity index is 538. The summed E-state index contributed by atoms with van der Waals surface area (Å²) in [5.74, 6) is 0. The van der Waals surface area contributed by atoms with Gasteiger partial charge in [0.05, 0.1) is 11.7 Å². The van der Waals surface area contributed by atoms with Crippen molar-refractivity contribution in [2.75, 3.05) is 6.54 Å². The van der Waals surface area contributed by atoms with Gasteiger partial charge in [0.2, 0.25) is 0 Å². The number of aryl methyl sites for hydroxylation is 1. The summed E-state index contributed by atoms with van der Waals surface area (Å²) in [5.41, 5.74) is 1.06. The Kier molecular flexibility index (Phi) is 3.63. The fourth-order valence-electron chi connectivity index (χ4n) is 1.70. The van der Waals surface area contributed by atoms with Crippen LogP contribution in [-0.2, 0) is 6.54 Å². The average molecular weight is 298 g/mol. The molecule has 5 nitrogen and oxygen atoms in total. The van der Waals surface area contributed by atoms with Crippen LogP contribution in [-0.4, -0.2) is 27.3 Å². The van der Waals surface area contributed by atoms with Crippen molar-refractivity contribution in [1.29, 1.82) is 0 Å². The minimum absolute atomic E-state index is 0.457. The fraction of sp³-hybridized carbons (Fsp3) is 0.273. The summed E-state index contributed by atoms with van der Waals surface area (Å²) in [7, 11) is 0. The molecule has 0 radical (unpaired) electrons. The number of carboxylic acid groups (broad SMARTS) is 1. The van der Waals surface area contributed by atoms with Gasteiger partial charge in [-0.15, -0.1) is 0 Å². The predicted octanol–water partition coefficient (Wildman–Crippen LogP) is 2.46. The first-order valence-electron chi connectivity index (χ1n) is 5.24. The summed E-state index contributed by atoms with van der Waals surface area (Å²) in [6.07, 6.45) is 3.57. The van der Waals surface area contributed by atoms with Gasteiger partial charge in [-0.2, -0.15) is 0 Å². The molecule has 90 valence electrons. The third kappa shape index (κ3) is 2.97. The van der Waals surface area contributed by atoms with Crippen molar-refractivity contribution < 1.29 is 9.90 Å². The molecule has 0 aliphatic heterocycles. The lowest BCUT2D eigenvalue weighted by Gasteiger charge is -2.05. The summed E-state index contributed by atoms with van der Waals surface area (Å²) in [5, 5.41) is 11.9. The maximum absolute atomic E-state index is 10.3. The summed E-state index contributed by atoms with van der Waals surface area (Å²) in [6.45, 7) is 1.23. The molecule has 0 aliphatic carbocycles. The van der Waals surface area contributed by atoms with E-state index in [4.69, 9.17) is 5.11 Å². The second kappa shape index (κ2) is 5.18. The van der Waals surface area contributed by atoms with Gasteiger partial charge in [-0.05, 0) is 34.5 Å². The van der Waals surface area contributed by atoms with E-state index in [0.29, 0.717) is 6.54 Å². The van der Waals surface area contributed by atoms with Gasteiger partial charge < -0.3 is 15.0 Å². The maximum atomic E-state index is 10.3. The topological polar surface area (TPSA) is 67.2 Å². The zero-order chi connectivity index (χ0) is 12.3. The van der Waals surface area contributed by atoms with Gasteiger partial charge in [0.1, 0.15) is 4.60 Å². The van der Waals surface area contributed by atoms with Crippen LogP contribution in [0.1, 0.15) is 6.42 Å². The molecule has 0 saturated carbocycles. The Morgan fingerprint density at radius 2 is 2.41 bits per heavy atom. The van der Waals surface area contributed by atoms with Crippen molar-refractivity contribution in [1.82, 2.24) is 14.9 Å². The van der Waals surface area contributed by atoms with E-state index in [1.165, 1.54) is 0 Å². The highest BCUT2D eigenvalue weighted by molar-refractivity contribution is 9.10. The molecule has 0 unspecified atom stereocenters. The molecule has 6 heteroatoms. The van der Waals surface area contributed by atoms with Gasteiger partial charge in [0.25, 0.3) is 0 Å². The number of rotatable bonds is 4. The molecule has 0 aromatic carbocycles. The van der Waals surface area contributed by atoms with E-state index in [-0.39, 0.29) is 0 Å². The number of pyridine rings is 1. The molecule has 0 atom stereocenters. The molecular weight excluding hydrogens is 286 g/mol. The van der Waals surface area contributed by atoms with Crippen molar-refractivity contribution in [2.45, 2.75) is 13.0 Å². The van der Waals surface area contributed by atoms with Gasteiger partial charge in [0.15, 0.2) is 0 Å². The van der Waals surface area contributed by atoms with Crippen LogP contribution in [0.4, 0.5) is 4.79 Å². The Morgan fingerprint density at radius 3 is 3.18 bits per heavy atom. The summed E-state index contributed by atoms with van der Waals surface area (Å²) in [6, 6.07) is 3.98. The van der Waals surface area contributed by atoms with E-state index in [1.807, 2.05) is 24.5 Å². The van der Waals surface area contributed by atoms with E-state index in [9.17, 15) is 4.79 Å². The Hall–Kier alpha value is -1.56. The Balaban J connectivity index is 2.01. The molecule has 2 heterocycles. The first-order chi connectivity index (χ1) is 8.16. The van der Waals surface area contributed by atoms with Crippen molar-refractivity contribution in [3.05, 3.63) is 29.1 Å².